The minimum atomic E-state index is -4.36. The van der Waals surface area contributed by atoms with Crippen molar-refractivity contribution >= 4 is 17.4 Å². The number of thiophene rings is 1. The number of hydrogen-bond acceptors (Lipinski definition) is 4. The lowest BCUT2D eigenvalue weighted by molar-refractivity contribution is -0.141. The fraction of sp³-hybridized carbons (Fsp3) is 0.385. The zero-order valence-electron chi connectivity index (χ0n) is 11.9. The van der Waals surface area contributed by atoms with Crippen LogP contribution in [-0.2, 0) is 13.1 Å². The molecule has 0 bridgehead atoms. The molecule has 0 saturated heterocycles. The molecular formula is C13H15F3N4O2S. The molecule has 0 aliphatic carbocycles. The normalized spacial score (nSPS) is 12.9. The first-order valence-electron chi connectivity index (χ1n) is 6.64. The summed E-state index contributed by atoms with van der Waals surface area (Å²) in [5, 5.41) is 18.2. The van der Waals surface area contributed by atoms with E-state index in [2.05, 4.69) is 15.6 Å². The summed E-state index contributed by atoms with van der Waals surface area (Å²) in [6.07, 6.45) is -2.76. The zero-order chi connectivity index (χ0) is 16.9. The van der Waals surface area contributed by atoms with Gasteiger partial charge in [0.25, 0.3) is 0 Å². The average Bonchev–Trinajstić information content (AvgIpc) is 3.12. The molecule has 2 aromatic rings. The number of rotatable bonds is 6. The van der Waals surface area contributed by atoms with Crippen molar-refractivity contribution in [2.45, 2.75) is 25.4 Å². The van der Waals surface area contributed by atoms with Crippen LogP contribution in [0, 0.1) is 0 Å². The lowest BCUT2D eigenvalue weighted by Gasteiger charge is -2.13. The highest BCUT2D eigenvalue weighted by Crippen LogP contribution is 2.18. The van der Waals surface area contributed by atoms with E-state index in [1.165, 1.54) is 23.7 Å². The Kier molecular flexibility index (Phi) is 5.61. The van der Waals surface area contributed by atoms with E-state index >= 15 is 0 Å². The van der Waals surface area contributed by atoms with Crippen LogP contribution in [0.5, 0.6) is 0 Å². The molecule has 10 heteroatoms. The standard InChI is InChI=1S/C13H15F3N4O2S/c14-13(15,16)8-20-3-2-17-11(20)6-19-12(22)18-5-10(21)9-1-4-23-7-9/h1-4,7,10,21H,5-6,8H2,(H2,18,19,22)/t10-/m1/s1. The van der Waals surface area contributed by atoms with Gasteiger partial charge in [-0.05, 0) is 22.4 Å². The van der Waals surface area contributed by atoms with E-state index in [4.69, 9.17) is 0 Å². The van der Waals surface area contributed by atoms with Crippen LogP contribution >= 0.6 is 11.3 Å². The molecule has 0 unspecified atom stereocenters. The molecule has 2 aromatic heterocycles. The van der Waals surface area contributed by atoms with Crippen molar-refractivity contribution in [3.8, 4) is 0 Å². The molecule has 2 rings (SSSR count). The zero-order valence-corrected chi connectivity index (χ0v) is 12.7. The molecule has 6 nitrogen and oxygen atoms in total. The number of halogens is 3. The summed E-state index contributed by atoms with van der Waals surface area (Å²) in [7, 11) is 0. The number of urea groups is 1. The number of aliphatic hydroxyl groups is 1. The van der Waals surface area contributed by atoms with Crippen LogP contribution in [0.25, 0.3) is 0 Å². The number of imidazole rings is 1. The first-order chi connectivity index (χ1) is 10.8. The van der Waals surface area contributed by atoms with Gasteiger partial charge in [0.2, 0.25) is 0 Å². The van der Waals surface area contributed by atoms with Gasteiger partial charge in [0.15, 0.2) is 0 Å². The number of alkyl halides is 3. The maximum atomic E-state index is 12.4. The molecule has 2 amide bonds. The van der Waals surface area contributed by atoms with Crippen LogP contribution in [0.4, 0.5) is 18.0 Å². The van der Waals surface area contributed by atoms with Crippen LogP contribution in [0.15, 0.2) is 29.2 Å². The van der Waals surface area contributed by atoms with Crippen LogP contribution in [-0.4, -0.2) is 33.4 Å². The third kappa shape index (κ3) is 5.57. The number of amides is 2. The highest BCUT2D eigenvalue weighted by molar-refractivity contribution is 7.07. The maximum absolute atomic E-state index is 12.4. The summed E-state index contributed by atoms with van der Waals surface area (Å²) >= 11 is 1.43. The molecule has 0 spiro atoms. The highest BCUT2D eigenvalue weighted by atomic mass is 32.1. The van der Waals surface area contributed by atoms with Crippen LogP contribution in [0.1, 0.15) is 17.5 Å². The van der Waals surface area contributed by atoms with Crippen molar-refractivity contribution in [2.24, 2.45) is 0 Å². The number of aliphatic hydroxyl groups excluding tert-OH is 1. The summed E-state index contributed by atoms with van der Waals surface area (Å²) < 4.78 is 38.0. The molecule has 2 heterocycles. The lowest BCUT2D eigenvalue weighted by Crippen LogP contribution is -2.38. The molecular weight excluding hydrogens is 333 g/mol. The fourth-order valence-electron chi connectivity index (χ4n) is 1.84. The third-order valence-electron chi connectivity index (χ3n) is 2.94. The quantitative estimate of drug-likeness (QED) is 0.747. The Hall–Kier alpha value is -2.07. The highest BCUT2D eigenvalue weighted by Gasteiger charge is 2.28. The van der Waals surface area contributed by atoms with E-state index in [9.17, 15) is 23.1 Å². The summed E-state index contributed by atoms with van der Waals surface area (Å²) in [5.74, 6) is 0.0934. The SMILES string of the molecule is O=C(NCc1nccn1CC(F)(F)F)NC[C@@H](O)c1ccsc1. The number of carbonyl (C=O) groups excluding carboxylic acids is 1. The van der Waals surface area contributed by atoms with E-state index in [0.29, 0.717) is 5.56 Å². The monoisotopic (exact) mass is 348 g/mol. The number of nitrogens with one attached hydrogen (secondary N) is 2. The predicted molar refractivity (Wildman–Crippen MR) is 77.8 cm³/mol. The predicted octanol–water partition coefficient (Wildman–Crippen LogP) is 2.04. The van der Waals surface area contributed by atoms with E-state index in [-0.39, 0.29) is 18.9 Å². The largest absolute Gasteiger partial charge is 0.406 e. The smallest absolute Gasteiger partial charge is 0.387 e. The van der Waals surface area contributed by atoms with Crippen molar-refractivity contribution in [1.29, 1.82) is 0 Å². The molecule has 0 fully saturated rings. The van der Waals surface area contributed by atoms with Crippen LogP contribution in [0.3, 0.4) is 0 Å². The molecule has 23 heavy (non-hydrogen) atoms. The Bertz CT molecular complexity index is 627. The second-order valence-electron chi connectivity index (χ2n) is 4.72. The lowest BCUT2D eigenvalue weighted by atomic mass is 10.2. The van der Waals surface area contributed by atoms with Crippen molar-refractivity contribution in [3.05, 3.63) is 40.6 Å². The Labute approximate surface area is 134 Å². The minimum Gasteiger partial charge on any atom is -0.387 e. The number of carbonyl (C=O) groups is 1. The molecule has 0 radical (unpaired) electrons. The molecule has 0 aromatic carbocycles. The Morgan fingerprint density at radius 2 is 2.22 bits per heavy atom. The van der Waals surface area contributed by atoms with E-state index in [1.807, 2.05) is 0 Å². The number of hydrogen-bond donors (Lipinski definition) is 3. The minimum absolute atomic E-state index is 0.000438. The Morgan fingerprint density at radius 3 is 2.87 bits per heavy atom. The van der Waals surface area contributed by atoms with Gasteiger partial charge >= 0.3 is 12.2 Å². The van der Waals surface area contributed by atoms with Crippen molar-refractivity contribution < 1.29 is 23.1 Å². The summed E-state index contributed by atoms with van der Waals surface area (Å²) in [6.45, 7) is -1.31. The van der Waals surface area contributed by atoms with E-state index in [0.717, 1.165) is 4.57 Å². The van der Waals surface area contributed by atoms with Gasteiger partial charge in [-0.2, -0.15) is 24.5 Å². The summed E-state index contributed by atoms with van der Waals surface area (Å²) in [5.41, 5.74) is 0.691. The van der Waals surface area contributed by atoms with Crippen LogP contribution < -0.4 is 10.6 Å². The number of nitrogens with zero attached hydrogens (tertiary/aromatic N) is 2. The molecule has 0 saturated carbocycles. The number of aromatic nitrogens is 2. The van der Waals surface area contributed by atoms with Crippen molar-refractivity contribution in [1.82, 2.24) is 20.2 Å². The summed E-state index contributed by atoms with van der Waals surface area (Å²) in [6, 6.07) is 1.14. The van der Waals surface area contributed by atoms with Gasteiger partial charge in [0, 0.05) is 18.9 Å². The molecule has 0 aliphatic rings. The first kappa shape index (κ1) is 17.3. The van der Waals surface area contributed by atoms with E-state index in [1.54, 1.807) is 16.8 Å². The van der Waals surface area contributed by atoms with Gasteiger partial charge in [-0.1, -0.05) is 0 Å². The van der Waals surface area contributed by atoms with Gasteiger partial charge in [0.05, 0.1) is 12.6 Å². The topological polar surface area (TPSA) is 79.2 Å². The van der Waals surface area contributed by atoms with Crippen molar-refractivity contribution in [3.63, 3.8) is 0 Å². The molecule has 126 valence electrons. The van der Waals surface area contributed by atoms with Crippen LogP contribution in [0.2, 0.25) is 0 Å². The molecule has 0 aliphatic heterocycles. The van der Waals surface area contributed by atoms with Gasteiger partial charge < -0.3 is 20.3 Å². The molecule has 1 atom stereocenters. The summed E-state index contributed by atoms with van der Waals surface area (Å²) in [4.78, 5) is 15.4. The van der Waals surface area contributed by atoms with Gasteiger partial charge in [-0.15, -0.1) is 0 Å². The van der Waals surface area contributed by atoms with Crippen molar-refractivity contribution in [2.75, 3.05) is 6.54 Å². The van der Waals surface area contributed by atoms with E-state index < -0.39 is 24.9 Å². The second kappa shape index (κ2) is 7.47. The van der Waals surface area contributed by atoms with Gasteiger partial charge in [-0.25, -0.2) is 9.78 Å². The molecule has 3 N–H and O–H groups in total. The average molecular weight is 348 g/mol. The van der Waals surface area contributed by atoms with Gasteiger partial charge in [-0.3, -0.25) is 0 Å². The fourth-order valence-corrected chi connectivity index (χ4v) is 2.55. The Balaban J connectivity index is 1.78. The maximum Gasteiger partial charge on any atom is 0.406 e. The second-order valence-corrected chi connectivity index (χ2v) is 5.50. The Morgan fingerprint density at radius 1 is 1.43 bits per heavy atom. The van der Waals surface area contributed by atoms with Gasteiger partial charge in [0.1, 0.15) is 12.4 Å². The first-order valence-corrected chi connectivity index (χ1v) is 7.58. The third-order valence-corrected chi connectivity index (χ3v) is 3.64.